The predicted octanol–water partition coefficient (Wildman–Crippen LogP) is 3.27. The van der Waals surface area contributed by atoms with Crippen molar-refractivity contribution in [2.75, 3.05) is 0 Å². The second kappa shape index (κ2) is 3.99. The molecule has 94 valence electrons. The van der Waals surface area contributed by atoms with Crippen molar-refractivity contribution in [1.82, 2.24) is 4.98 Å². The van der Waals surface area contributed by atoms with E-state index in [1.807, 2.05) is 24.3 Å². The molecule has 0 aliphatic carbocycles. The number of nitrogens with one attached hydrogen (secondary N) is 1. The van der Waals surface area contributed by atoms with Gasteiger partial charge in [0.1, 0.15) is 11.6 Å². The third-order valence-corrected chi connectivity index (χ3v) is 3.29. The van der Waals surface area contributed by atoms with Crippen molar-refractivity contribution in [2.45, 2.75) is 19.8 Å². The third-order valence-electron chi connectivity index (χ3n) is 3.29. The van der Waals surface area contributed by atoms with Crippen LogP contribution in [0.4, 0.5) is 0 Å². The number of aromatic nitrogens is 1. The van der Waals surface area contributed by atoms with Crippen molar-refractivity contribution in [3.63, 3.8) is 0 Å². The van der Waals surface area contributed by atoms with Crippen LogP contribution in [0.5, 0.6) is 0 Å². The Hall–Kier alpha value is -2.54. The summed E-state index contributed by atoms with van der Waals surface area (Å²) in [5, 5.41) is 9.72. The van der Waals surface area contributed by atoms with E-state index in [1.54, 1.807) is 0 Å². The summed E-state index contributed by atoms with van der Waals surface area (Å²) in [5.74, 6) is 0.402. The van der Waals surface area contributed by atoms with Crippen LogP contribution >= 0.6 is 0 Å². The molecule has 3 rings (SSSR count). The lowest BCUT2D eigenvalue weighted by Gasteiger charge is -2.04. The number of hydrogen-bond acceptors (Lipinski definition) is 3. The van der Waals surface area contributed by atoms with E-state index in [4.69, 9.17) is 9.68 Å². The van der Waals surface area contributed by atoms with Crippen LogP contribution in [0.25, 0.3) is 22.0 Å². The highest BCUT2D eigenvalue weighted by atomic mass is 16.4. The smallest absolute Gasteiger partial charge is 0.354 e. The standard InChI is InChI=1S/C15H12N2O2/c1-8(2)9-3-4-12-11(5-9)14-13(17-12)6-10(7-16)15(18)19-14/h3-6,8,17H,1-2H3. The number of aromatic amines is 1. The molecule has 1 aromatic carbocycles. The number of benzene rings is 1. The summed E-state index contributed by atoms with van der Waals surface area (Å²) >= 11 is 0. The molecule has 4 heteroatoms. The molecular weight excluding hydrogens is 240 g/mol. The molecule has 0 amide bonds. The number of H-pyrrole nitrogens is 1. The molecule has 3 aromatic rings. The Labute approximate surface area is 109 Å². The van der Waals surface area contributed by atoms with Gasteiger partial charge in [0.25, 0.3) is 0 Å². The van der Waals surface area contributed by atoms with Crippen LogP contribution < -0.4 is 5.63 Å². The van der Waals surface area contributed by atoms with Gasteiger partial charge in [-0.15, -0.1) is 0 Å². The average molecular weight is 252 g/mol. The van der Waals surface area contributed by atoms with Crippen LogP contribution in [0.15, 0.2) is 33.5 Å². The van der Waals surface area contributed by atoms with Gasteiger partial charge in [-0.2, -0.15) is 5.26 Å². The summed E-state index contributed by atoms with van der Waals surface area (Å²) in [6, 6.07) is 9.41. The molecule has 0 aliphatic rings. The maximum atomic E-state index is 11.6. The molecule has 0 spiro atoms. The molecule has 2 heterocycles. The van der Waals surface area contributed by atoms with Crippen LogP contribution in [0, 0.1) is 11.3 Å². The minimum absolute atomic E-state index is 0.0168. The monoisotopic (exact) mass is 252 g/mol. The van der Waals surface area contributed by atoms with Gasteiger partial charge in [0.2, 0.25) is 0 Å². The highest BCUT2D eigenvalue weighted by molar-refractivity contribution is 6.04. The van der Waals surface area contributed by atoms with Crippen molar-refractivity contribution in [3.05, 3.63) is 45.8 Å². The summed E-state index contributed by atoms with van der Waals surface area (Å²) in [7, 11) is 0. The van der Waals surface area contributed by atoms with Crippen LogP contribution in [0.2, 0.25) is 0 Å². The van der Waals surface area contributed by atoms with E-state index in [9.17, 15) is 4.79 Å². The van der Waals surface area contributed by atoms with E-state index in [0.717, 1.165) is 10.9 Å². The molecule has 4 nitrogen and oxygen atoms in total. The first-order valence-corrected chi connectivity index (χ1v) is 6.09. The van der Waals surface area contributed by atoms with Gasteiger partial charge in [0.05, 0.1) is 5.52 Å². The van der Waals surface area contributed by atoms with Gasteiger partial charge in [-0.1, -0.05) is 19.9 Å². The molecule has 2 aromatic heterocycles. The lowest BCUT2D eigenvalue weighted by Crippen LogP contribution is -2.02. The molecule has 0 fully saturated rings. The molecule has 0 saturated heterocycles. The zero-order chi connectivity index (χ0) is 13.6. The van der Waals surface area contributed by atoms with Gasteiger partial charge >= 0.3 is 5.63 Å². The van der Waals surface area contributed by atoms with E-state index >= 15 is 0 Å². The highest BCUT2D eigenvalue weighted by Gasteiger charge is 2.11. The van der Waals surface area contributed by atoms with Crippen molar-refractivity contribution in [3.8, 4) is 6.07 Å². The lowest BCUT2D eigenvalue weighted by molar-refractivity contribution is 0.561. The molecular formula is C15H12N2O2. The first-order chi connectivity index (χ1) is 9.10. The molecule has 0 aliphatic heterocycles. The normalized spacial score (nSPS) is 11.3. The van der Waals surface area contributed by atoms with Gasteiger partial charge < -0.3 is 9.40 Å². The maximum Gasteiger partial charge on any atom is 0.354 e. The van der Waals surface area contributed by atoms with Gasteiger partial charge in [-0.3, -0.25) is 0 Å². The first-order valence-electron chi connectivity index (χ1n) is 6.09. The zero-order valence-corrected chi connectivity index (χ0v) is 10.7. The summed E-state index contributed by atoms with van der Waals surface area (Å²) in [5.41, 5.74) is 2.69. The van der Waals surface area contributed by atoms with Crippen molar-refractivity contribution in [1.29, 1.82) is 5.26 Å². The van der Waals surface area contributed by atoms with Crippen molar-refractivity contribution >= 4 is 22.0 Å². The molecule has 0 saturated carbocycles. The maximum absolute atomic E-state index is 11.6. The molecule has 1 N–H and O–H groups in total. The summed E-state index contributed by atoms with van der Waals surface area (Å²) in [4.78, 5) is 14.8. The number of nitriles is 1. The van der Waals surface area contributed by atoms with Crippen molar-refractivity contribution in [2.24, 2.45) is 0 Å². The molecule has 0 atom stereocenters. The zero-order valence-electron chi connectivity index (χ0n) is 10.7. The quantitative estimate of drug-likeness (QED) is 0.722. The largest absolute Gasteiger partial charge is 0.419 e. The summed E-state index contributed by atoms with van der Waals surface area (Å²) < 4.78 is 5.26. The van der Waals surface area contributed by atoms with Gasteiger partial charge in [-0.05, 0) is 29.7 Å². The number of nitrogens with zero attached hydrogens (tertiary/aromatic N) is 1. The Kier molecular flexibility index (Phi) is 2.42. The number of fused-ring (bicyclic) bond motifs is 3. The Morgan fingerprint density at radius 1 is 1.26 bits per heavy atom. The Balaban J connectivity index is 2.42. The second-order valence-corrected chi connectivity index (χ2v) is 4.89. The van der Waals surface area contributed by atoms with Gasteiger partial charge in [0.15, 0.2) is 5.58 Å². The van der Waals surface area contributed by atoms with Crippen LogP contribution in [0.3, 0.4) is 0 Å². The molecule has 19 heavy (non-hydrogen) atoms. The fraction of sp³-hybridized carbons (Fsp3) is 0.200. The summed E-state index contributed by atoms with van der Waals surface area (Å²) in [6.07, 6.45) is 0. The van der Waals surface area contributed by atoms with E-state index in [-0.39, 0.29) is 5.56 Å². The minimum Gasteiger partial charge on any atom is -0.419 e. The fourth-order valence-electron chi connectivity index (χ4n) is 2.21. The van der Waals surface area contributed by atoms with E-state index in [2.05, 4.69) is 18.8 Å². The Bertz CT molecular complexity index is 879. The molecule has 0 unspecified atom stereocenters. The molecule has 0 bridgehead atoms. The Morgan fingerprint density at radius 2 is 2.05 bits per heavy atom. The fourth-order valence-corrected chi connectivity index (χ4v) is 2.21. The Morgan fingerprint density at radius 3 is 2.74 bits per heavy atom. The molecule has 0 radical (unpaired) electrons. The summed E-state index contributed by atoms with van der Waals surface area (Å²) in [6.45, 7) is 4.22. The predicted molar refractivity (Wildman–Crippen MR) is 73.1 cm³/mol. The SMILES string of the molecule is CC(C)c1ccc2[nH]c3cc(C#N)c(=O)oc3c2c1. The average Bonchev–Trinajstić information content (AvgIpc) is 2.74. The van der Waals surface area contributed by atoms with Crippen molar-refractivity contribution < 1.29 is 4.42 Å². The lowest BCUT2D eigenvalue weighted by atomic mass is 10.0. The second-order valence-electron chi connectivity index (χ2n) is 4.89. The topological polar surface area (TPSA) is 69.8 Å². The van der Waals surface area contributed by atoms with E-state index < -0.39 is 5.63 Å². The number of hydrogen-bond donors (Lipinski definition) is 1. The van der Waals surface area contributed by atoms with E-state index in [0.29, 0.717) is 17.0 Å². The third kappa shape index (κ3) is 1.71. The van der Waals surface area contributed by atoms with Crippen LogP contribution in [-0.4, -0.2) is 4.98 Å². The first kappa shape index (κ1) is 11.5. The highest BCUT2D eigenvalue weighted by Crippen LogP contribution is 2.27. The van der Waals surface area contributed by atoms with E-state index in [1.165, 1.54) is 11.6 Å². The minimum atomic E-state index is -0.592. The van der Waals surface area contributed by atoms with Gasteiger partial charge in [0, 0.05) is 10.9 Å². The van der Waals surface area contributed by atoms with Gasteiger partial charge in [-0.25, -0.2) is 4.79 Å². The van der Waals surface area contributed by atoms with Crippen LogP contribution in [-0.2, 0) is 0 Å². The number of rotatable bonds is 1. The van der Waals surface area contributed by atoms with Crippen LogP contribution in [0.1, 0.15) is 30.9 Å².